The van der Waals surface area contributed by atoms with Crippen LogP contribution in [0.15, 0.2) is 6.07 Å². The van der Waals surface area contributed by atoms with E-state index in [1.54, 1.807) is 4.68 Å². The highest BCUT2D eigenvalue weighted by Crippen LogP contribution is 2.33. The van der Waals surface area contributed by atoms with Crippen molar-refractivity contribution in [3.63, 3.8) is 0 Å². The van der Waals surface area contributed by atoms with Crippen LogP contribution in [-0.2, 0) is 13.0 Å². The monoisotopic (exact) mass is 269 g/mol. The summed E-state index contributed by atoms with van der Waals surface area (Å²) in [5.74, 6) is 0.434. The van der Waals surface area contributed by atoms with Crippen molar-refractivity contribution < 1.29 is 4.79 Å². The Morgan fingerprint density at radius 1 is 1.56 bits per heavy atom. The van der Waals surface area contributed by atoms with E-state index in [1.807, 2.05) is 19.9 Å². The zero-order valence-electron chi connectivity index (χ0n) is 11.0. The van der Waals surface area contributed by atoms with Crippen LogP contribution < -0.4 is 5.32 Å². The number of carbonyl (C=O) groups is 1. The van der Waals surface area contributed by atoms with E-state index in [9.17, 15) is 4.79 Å². The van der Waals surface area contributed by atoms with Crippen molar-refractivity contribution in [1.29, 1.82) is 0 Å². The van der Waals surface area contributed by atoms with Gasteiger partial charge in [0.2, 0.25) is 0 Å². The van der Waals surface area contributed by atoms with Crippen LogP contribution in [0.4, 0.5) is 0 Å². The van der Waals surface area contributed by atoms with Crippen LogP contribution in [0.3, 0.4) is 0 Å². The number of rotatable bonds is 5. The Bertz CT molecular complexity index is 432. The van der Waals surface area contributed by atoms with Gasteiger partial charge in [0, 0.05) is 12.4 Å². The number of hydrogen-bond acceptors (Lipinski definition) is 2. The maximum atomic E-state index is 12.3. The third kappa shape index (κ3) is 2.39. The Morgan fingerprint density at radius 3 is 2.72 bits per heavy atom. The van der Waals surface area contributed by atoms with E-state index < -0.39 is 0 Å². The maximum absolute atomic E-state index is 12.3. The molecule has 1 aliphatic rings. The topological polar surface area (TPSA) is 46.9 Å². The molecule has 0 unspecified atom stereocenters. The lowest BCUT2D eigenvalue weighted by molar-refractivity contribution is 0.0842. The second kappa shape index (κ2) is 5.31. The Morgan fingerprint density at radius 2 is 2.28 bits per heavy atom. The van der Waals surface area contributed by atoms with Crippen LogP contribution in [0.1, 0.15) is 49.3 Å². The third-order valence-corrected chi connectivity index (χ3v) is 4.18. The van der Waals surface area contributed by atoms with E-state index in [1.165, 1.54) is 0 Å². The second-order valence-corrected chi connectivity index (χ2v) is 5.18. The molecule has 0 atom stereocenters. The van der Waals surface area contributed by atoms with Crippen LogP contribution >= 0.6 is 11.6 Å². The minimum atomic E-state index is -0.187. The van der Waals surface area contributed by atoms with Gasteiger partial charge in [-0.2, -0.15) is 5.10 Å². The van der Waals surface area contributed by atoms with Crippen molar-refractivity contribution in [3.8, 4) is 0 Å². The molecule has 4 nitrogen and oxygen atoms in total. The van der Waals surface area contributed by atoms with Crippen molar-refractivity contribution in [2.75, 3.05) is 5.88 Å². The van der Waals surface area contributed by atoms with Gasteiger partial charge in [0.1, 0.15) is 5.69 Å². The molecule has 1 amide bonds. The summed E-state index contributed by atoms with van der Waals surface area (Å²) < 4.78 is 1.76. The Balaban J connectivity index is 2.15. The summed E-state index contributed by atoms with van der Waals surface area (Å²) in [5.41, 5.74) is 1.41. The molecule has 1 N–H and O–H groups in total. The highest BCUT2D eigenvalue weighted by atomic mass is 35.5. The van der Waals surface area contributed by atoms with Crippen LogP contribution in [0.2, 0.25) is 0 Å². The fourth-order valence-electron chi connectivity index (χ4n) is 2.27. The number of aromatic nitrogens is 2. The molecule has 0 aliphatic heterocycles. The Labute approximate surface area is 113 Å². The van der Waals surface area contributed by atoms with E-state index in [-0.39, 0.29) is 11.4 Å². The number of nitrogens with one attached hydrogen (secondary N) is 1. The maximum Gasteiger partial charge on any atom is 0.270 e. The molecule has 0 aromatic carbocycles. The number of amides is 1. The van der Waals surface area contributed by atoms with Gasteiger partial charge >= 0.3 is 0 Å². The molecule has 0 saturated heterocycles. The lowest BCUT2D eigenvalue weighted by Gasteiger charge is -2.40. The number of halogens is 1. The Kier molecular flexibility index (Phi) is 3.95. The summed E-state index contributed by atoms with van der Waals surface area (Å²) in [4.78, 5) is 12.3. The normalized spacial score (nSPS) is 17.3. The van der Waals surface area contributed by atoms with Gasteiger partial charge in [0.05, 0.1) is 11.2 Å². The average molecular weight is 270 g/mol. The lowest BCUT2D eigenvalue weighted by Crippen LogP contribution is -2.55. The summed E-state index contributed by atoms with van der Waals surface area (Å²) in [6, 6.07) is 1.87. The van der Waals surface area contributed by atoms with Gasteiger partial charge in [-0.3, -0.25) is 9.48 Å². The molecule has 1 aromatic rings. The quantitative estimate of drug-likeness (QED) is 0.834. The molecular formula is C13H20ClN3O. The first kappa shape index (κ1) is 13.4. The molecule has 1 aliphatic carbocycles. The molecular weight excluding hydrogens is 250 g/mol. The first-order valence-electron chi connectivity index (χ1n) is 6.59. The van der Waals surface area contributed by atoms with E-state index in [4.69, 9.17) is 11.6 Å². The zero-order chi connectivity index (χ0) is 13.2. The predicted octanol–water partition coefficient (Wildman–Crippen LogP) is 2.36. The van der Waals surface area contributed by atoms with Gasteiger partial charge in [-0.15, -0.1) is 11.6 Å². The van der Waals surface area contributed by atoms with Gasteiger partial charge in [-0.05, 0) is 38.7 Å². The van der Waals surface area contributed by atoms with Crippen LogP contribution in [0, 0.1) is 0 Å². The molecule has 1 saturated carbocycles. The van der Waals surface area contributed by atoms with Gasteiger partial charge in [-0.25, -0.2) is 0 Å². The second-order valence-electron chi connectivity index (χ2n) is 4.91. The van der Waals surface area contributed by atoms with Gasteiger partial charge in [0.25, 0.3) is 5.91 Å². The number of nitrogens with zero attached hydrogens (tertiary/aromatic N) is 2. The summed E-state index contributed by atoms with van der Waals surface area (Å²) in [6.45, 7) is 4.73. The third-order valence-electron chi connectivity index (χ3n) is 3.67. The van der Waals surface area contributed by atoms with Crippen molar-refractivity contribution in [1.82, 2.24) is 15.1 Å². The summed E-state index contributed by atoms with van der Waals surface area (Å²) in [6.07, 6.45) is 3.93. The molecule has 0 radical (unpaired) electrons. The van der Waals surface area contributed by atoms with Crippen molar-refractivity contribution in [2.24, 2.45) is 0 Å². The largest absolute Gasteiger partial charge is 0.344 e. The number of carbonyl (C=O) groups excluding carboxylic acids is 1. The van der Waals surface area contributed by atoms with Crippen LogP contribution in [-0.4, -0.2) is 27.1 Å². The minimum Gasteiger partial charge on any atom is -0.344 e. The Hall–Kier alpha value is -1.03. The van der Waals surface area contributed by atoms with E-state index >= 15 is 0 Å². The lowest BCUT2D eigenvalue weighted by atomic mass is 9.78. The minimum absolute atomic E-state index is 0.0515. The summed E-state index contributed by atoms with van der Waals surface area (Å²) in [5, 5.41) is 7.47. The molecule has 1 fully saturated rings. The predicted molar refractivity (Wildman–Crippen MR) is 72.0 cm³/mol. The van der Waals surface area contributed by atoms with E-state index in [2.05, 4.69) is 10.4 Å². The van der Waals surface area contributed by atoms with Crippen LogP contribution in [0.5, 0.6) is 0 Å². The number of hydrogen-bond donors (Lipinski definition) is 1. The number of aryl methyl sites for hydroxylation is 2. The fourth-order valence-corrected chi connectivity index (χ4v) is 2.60. The fraction of sp³-hybridized carbons (Fsp3) is 0.692. The van der Waals surface area contributed by atoms with E-state index in [0.717, 1.165) is 31.4 Å². The van der Waals surface area contributed by atoms with E-state index in [0.29, 0.717) is 18.1 Å². The standard InChI is InChI=1S/C13H20ClN3O/c1-3-10-8-11(17(4-2)16-10)12(18)15-13(9-14)6-5-7-13/h8H,3-7,9H2,1-2H3,(H,15,18). The summed E-state index contributed by atoms with van der Waals surface area (Å²) in [7, 11) is 0. The molecule has 1 heterocycles. The van der Waals surface area contributed by atoms with Crippen LogP contribution in [0.25, 0.3) is 0 Å². The van der Waals surface area contributed by atoms with Crippen molar-refractivity contribution in [2.45, 2.75) is 51.6 Å². The molecule has 100 valence electrons. The number of alkyl halides is 1. The molecule has 2 rings (SSSR count). The molecule has 0 bridgehead atoms. The highest BCUT2D eigenvalue weighted by molar-refractivity contribution is 6.19. The molecule has 0 spiro atoms. The molecule has 18 heavy (non-hydrogen) atoms. The highest BCUT2D eigenvalue weighted by Gasteiger charge is 2.38. The molecule has 1 aromatic heterocycles. The smallest absolute Gasteiger partial charge is 0.270 e. The molecule has 5 heteroatoms. The zero-order valence-corrected chi connectivity index (χ0v) is 11.8. The van der Waals surface area contributed by atoms with Gasteiger partial charge in [-0.1, -0.05) is 6.92 Å². The SMILES string of the molecule is CCc1cc(C(=O)NC2(CCl)CCC2)n(CC)n1. The first-order valence-corrected chi connectivity index (χ1v) is 7.13. The first-order chi connectivity index (χ1) is 8.64. The van der Waals surface area contributed by atoms with Gasteiger partial charge in [0.15, 0.2) is 0 Å². The average Bonchev–Trinajstić information content (AvgIpc) is 2.77. The van der Waals surface area contributed by atoms with Gasteiger partial charge < -0.3 is 5.32 Å². The van der Waals surface area contributed by atoms with Crippen molar-refractivity contribution >= 4 is 17.5 Å². The summed E-state index contributed by atoms with van der Waals surface area (Å²) >= 11 is 5.96. The van der Waals surface area contributed by atoms with Crippen molar-refractivity contribution in [3.05, 3.63) is 17.5 Å².